The highest BCUT2D eigenvalue weighted by atomic mass is 79.9. The third-order valence-electron chi connectivity index (χ3n) is 2.17. The van der Waals surface area contributed by atoms with Gasteiger partial charge in [-0.05, 0) is 42.5 Å². The maximum atomic E-state index is 11.8. The normalized spacial score (nSPS) is 10.9. The second kappa shape index (κ2) is 5.01. The molecule has 0 fully saturated rings. The zero-order valence-electron chi connectivity index (χ0n) is 8.76. The molecule has 0 amide bonds. The van der Waals surface area contributed by atoms with E-state index < -0.39 is 0 Å². The Labute approximate surface area is 107 Å². The Kier molecular flexibility index (Phi) is 3.44. The largest absolute Gasteiger partial charge is 0.507 e. The number of phenols is 1. The maximum Gasteiger partial charge on any atom is 0.189 e. The standard InChI is InChI=1S/C13H9BrO3/c14-9-3-5-11(13(16)8-9)12(15)6-4-10-2-1-7-17-10/h1-8,16H. The van der Waals surface area contributed by atoms with Crippen molar-refractivity contribution >= 4 is 27.8 Å². The fourth-order valence-corrected chi connectivity index (χ4v) is 1.70. The summed E-state index contributed by atoms with van der Waals surface area (Å²) in [5, 5.41) is 9.61. The Morgan fingerprint density at radius 1 is 1.35 bits per heavy atom. The lowest BCUT2D eigenvalue weighted by molar-refractivity contribution is 0.104. The van der Waals surface area contributed by atoms with E-state index in [4.69, 9.17) is 4.42 Å². The van der Waals surface area contributed by atoms with Gasteiger partial charge in [-0.3, -0.25) is 4.79 Å². The molecule has 0 aliphatic carbocycles. The van der Waals surface area contributed by atoms with E-state index in [2.05, 4.69) is 15.9 Å². The monoisotopic (exact) mass is 292 g/mol. The van der Waals surface area contributed by atoms with Crippen LogP contribution in [0.1, 0.15) is 16.1 Å². The van der Waals surface area contributed by atoms with Gasteiger partial charge >= 0.3 is 0 Å². The van der Waals surface area contributed by atoms with Crippen LogP contribution in [0.2, 0.25) is 0 Å². The molecule has 4 heteroatoms. The molecule has 0 spiro atoms. The van der Waals surface area contributed by atoms with Gasteiger partial charge in [0.1, 0.15) is 11.5 Å². The second-order valence-corrected chi connectivity index (χ2v) is 4.29. The molecule has 0 bridgehead atoms. The molecule has 1 heterocycles. The van der Waals surface area contributed by atoms with Gasteiger partial charge in [-0.15, -0.1) is 0 Å². The molecule has 1 aromatic heterocycles. The summed E-state index contributed by atoms with van der Waals surface area (Å²) in [5.41, 5.74) is 0.260. The minimum atomic E-state index is -0.272. The number of halogens is 1. The van der Waals surface area contributed by atoms with Crippen LogP contribution in [0.3, 0.4) is 0 Å². The van der Waals surface area contributed by atoms with Crippen molar-refractivity contribution in [2.45, 2.75) is 0 Å². The van der Waals surface area contributed by atoms with Crippen LogP contribution >= 0.6 is 15.9 Å². The average molecular weight is 293 g/mol. The summed E-state index contributed by atoms with van der Waals surface area (Å²) in [6.45, 7) is 0. The van der Waals surface area contributed by atoms with Crippen molar-refractivity contribution in [3.63, 3.8) is 0 Å². The molecule has 17 heavy (non-hydrogen) atoms. The van der Waals surface area contributed by atoms with Crippen LogP contribution in [-0.2, 0) is 0 Å². The lowest BCUT2D eigenvalue weighted by Gasteiger charge is -2.00. The van der Waals surface area contributed by atoms with Crippen molar-refractivity contribution in [1.29, 1.82) is 0 Å². The Morgan fingerprint density at radius 2 is 2.18 bits per heavy atom. The first-order valence-electron chi connectivity index (χ1n) is 4.91. The predicted octanol–water partition coefficient (Wildman–Crippen LogP) is 3.64. The summed E-state index contributed by atoms with van der Waals surface area (Å²) < 4.78 is 5.78. The van der Waals surface area contributed by atoms with Crippen molar-refractivity contribution in [1.82, 2.24) is 0 Å². The van der Waals surface area contributed by atoms with Gasteiger partial charge in [0.25, 0.3) is 0 Å². The number of furan rings is 1. The van der Waals surface area contributed by atoms with Gasteiger partial charge in [-0.25, -0.2) is 0 Å². The second-order valence-electron chi connectivity index (χ2n) is 3.37. The molecule has 3 nitrogen and oxygen atoms in total. The van der Waals surface area contributed by atoms with E-state index in [-0.39, 0.29) is 17.1 Å². The third kappa shape index (κ3) is 2.85. The molecule has 86 valence electrons. The van der Waals surface area contributed by atoms with Crippen molar-refractivity contribution in [3.05, 3.63) is 58.5 Å². The van der Waals surface area contributed by atoms with E-state index >= 15 is 0 Å². The van der Waals surface area contributed by atoms with Gasteiger partial charge in [0.2, 0.25) is 0 Å². The molecular weight excluding hydrogens is 284 g/mol. The van der Waals surface area contributed by atoms with Crippen molar-refractivity contribution < 1.29 is 14.3 Å². The zero-order chi connectivity index (χ0) is 12.3. The minimum Gasteiger partial charge on any atom is -0.507 e. The fourth-order valence-electron chi connectivity index (χ4n) is 1.35. The van der Waals surface area contributed by atoms with E-state index in [1.165, 1.54) is 18.4 Å². The van der Waals surface area contributed by atoms with Crippen LogP contribution in [0.5, 0.6) is 5.75 Å². The van der Waals surface area contributed by atoms with Crippen LogP contribution < -0.4 is 0 Å². The summed E-state index contributed by atoms with van der Waals surface area (Å²) in [6.07, 6.45) is 4.45. The van der Waals surface area contributed by atoms with E-state index in [0.717, 1.165) is 4.47 Å². The van der Waals surface area contributed by atoms with Gasteiger partial charge < -0.3 is 9.52 Å². The number of aromatic hydroxyl groups is 1. The average Bonchev–Trinajstić information content (AvgIpc) is 2.78. The van der Waals surface area contributed by atoms with Gasteiger partial charge in [0.05, 0.1) is 11.8 Å². The number of allylic oxidation sites excluding steroid dienone is 1. The SMILES string of the molecule is O=C(C=Cc1ccco1)c1ccc(Br)cc1O. The highest BCUT2D eigenvalue weighted by Crippen LogP contribution is 2.23. The zero-order valence-corrected chi connectivity index (χ0v) is 10.3. The molecule has 1 aromatic carbocycles. The lowest BCUT2D eigenvalue weighted by Crippen LogP contribution is -1.94. The van der Waals surface area contributed by atoms with Gasteiger partial charge in [-0.2, -0.15) is 0 Å². The molecule has 0 unspecified atom stereocenters. The third-order valence-corrected chi connectivity index (χ3v) is 2.66. The van der Waals surface area contributed by atoms with Crippen LogP contribution in [0.15, 0.2) is 51.6 Å². The smallest absolute Gasteiger partial charge is 0.189 e. The molecular formula is C13H9BrO3. The predicted molar refractivity (Wildman–Crippen MR) is 67.9 cm³/mol. The van der Waals surface area contributed by atoms with E-state index in [1.54, 1.807) is 30.3 Å². The van der Waals surface area contributed by atoms with Crippen molar-refractivity contribution in [3.8, 4) is 5.75 Å². The molecule has 0 saturated carbocycles. The lowest BCUT2D eigenvalue weighted by atomic mass is 10.1. The van der Waals surface area contributed by atoms with Crippen LogP contribution in [0, 0.1) is 0 Å². The fraction of sp³-hybridized carbons (Fsp3) is 0. The Balaban J connectivity index is 2.20. The number of ketones is 1. The Bertz CT molecular complexity index is 556. The summed E-state index contributed by atoms with van der Waals surface area (Å²) in [5.74, 6) is 0.273. The molecule has 0 atom stereocenters. The van der Waals surface area contributed by atoms with E-state index in [0.29, 0.717) is 5.76 Å². The number of benzene rings is 1. The highest BCUT2D eigenvalue weighted by molar-refractivity contribution is 9.10. The van der Waals surface area contributed by atoms with Gasteiger partial charge in [0.15, 0.2) is 5.78 Å². The molecule has 0 radical (unpaired) electrons. The summed E-state index contributed by atoms with van der Waals surface area (Å²) in [6, 6.07) is 8.22. The molecule has 2 rings (SSSR count). The quantitative estimate of drug-likeness (QED) is 0.694. The summed E-state index contributed by atoms with van der Waals surface area (Å²) in [4.78, 5) is 11.8. The van der Waals surface area contributed by atoms with E-state index in [9.17, 15) is 9.90 Å². The van der Waals surface area contributed by atoms with Crippen molar-refractivity contribution in [2.75, 3.05) is 0 Å². The minimum absolute atomic E-state index is 0.0477. The van der Waals surface area contributed by atoms with Crippen LogP contribution in [0.25, 0.3) is 6.08 Å². The maximum absolute atomic E-state index is 11.8. The molecule has 1 N–H and O–H groups in total. The molecule has 0 saturated heterocycles. The first kappa shape index (κ1) is 11.7. The number of rotatable bonds is 3. The number of hydrogen-bond donors (Lipinski definition) is 1. The Hall–Kier alpha value is -1.81. The first-order chi connectivity index (χ1) is 8.16. The van der Waals surface area contributed by atoms with Crippen LogP contribution in [0.4, 0.5) is 0 Å². The number of phenolic OH excluding ortho intramolecular Hbond substituents is 1. The first-order valence-corrected chi connectivity index (χ1v) is 5.70. The number of carbonyl (C=O) groups is 1. The summed E-state index contributed by atoms with van der Waals surface area (Å²) in [7, 11) is 0. The summed E-state index contributed by atoms with van der Waals surface area (Å²) >= 11 is 3.21. The van der Waals surface area contributed by atoms with Crippen LogP contribution in [-0.4, -0.2) is 10.9 Å². The number of hydrogen-bond acceptors (Lipinski definition) is 3. The number of carbonyl (C=O) groups excluding carboxylic acids is 1. The van der Waals surface area contributed by atoms with Crippen molar-refractivity contribution in [2.24, 2.45) is 0 Å². The Morgan fingerprint density at radius 3 is 2.82 bits per heavy atom. The van der Waals surface area contributed by atoms with Gasteiger partial charge in [0, 0.05) is 4.47 Å². The van der Waals surface area contributed by atoms with Gasteiger partial charge in [-0.1, -0.05) is 15.9 Å². The molecule has 0 aliphatic rings. The highest BCUT2D eigenvalue weighted by Gasteiger charge is 2.08. The topological polar surface area (TPSA) is 50.4 Å². The molecule has 2 aromatic rings. The van der Waals surface area contributed by atoms with E-state index in [1.807, 2.05) is 0 Å². The molecule has 0 aliphatic heterocycles.